The minimum Gasteiger partial charge on any atom is -0.207 e. The molecule has 1 spiro atoms. The Hall–Kier alpha value is -0.720. The maximum atomic E-state index is 13.3. The van der Waals surface area contributed by atoms with Crippen LogP contribution in [0.3, 0.4) is 0 Å². The van der Waals surface area contributed by atoms with Gasteiger partial charge in [-0.25, -0.2) is 17.2 Å². The number of halogens is 3. The van der Waals surface area contributed by atoms with Gasteiger partial charge in [-0.15, -0.1) is 0 Å². The number of piperidine rings is 1. The Kier molecular flexibility index (Phi) is 3.12. The summed E-state index contributed by atoms with van der Waals surface area (Å²) in [5.74, 6) is -2.62. The van der Waals surface area contributed by atoms with Crippen molar-refractivity contribution in [1.82, 2.24) is 4.31 Å². The van der Waals surface area contributed by atoms with E-state index in [0.29, 0.717) is 0 Å². The van der Waals surface area contributed by atoms with Gasteiger partial charge in [-0.2, -0.15) is 4.31 Å². The summed E-state index contributed by atoms with van der Waals surface area (Å²) < 4.78 is 52.8. The quantitative estimate of drug-likeness (QED) is 0.839. The molecule has 3 rings (SSSR count). The third kappa shape index (κ3) is 2.05. The predicted octanol–water partition coefficient (Wildman–Crippen LogP) is 3.15. The predicted molar refractivity (Wildman–Crippen MR) is 71.4 cm³/mol. The third-order valence-corrected chi connectivity index (χ3v) is 6.74. The van der Waals surface area contributed by atoms with Gasteiger partial charge in [-0.1, -0.05) is 23.7 Å². The second kappa shape index (κ2) is 4.39. The third-order valence-electron chi connectivity index (χ3n) is 4.35. The Labute approximate surface area is 121 Å². The van der Waals surface area contributed by atoms with Crippen LogP contribution in [0.4, 0.5) is 8.78 Å². The number of sulfonamides is 1. The molecule has 0 aromatic heterocycles. The molecule has 1 aromatic carbocycles. The summed E-state index contributed by atoms with van der Waals surface area (Å²) in [4.78, 5) is 0.0418. The molecule has 2 aliphatic rings. The molecule has 20 heavy (non-hydrogen) atoms. The average Bonchev–Trinajstić information content (AvgIpc) is 2.90. The molecule has 1 aliphatic carbocycles. The fraction of sp³-hybridized carbons (Fsp3) is 0.538. The first kappa shape index (κ1) is 14.2. The summed E-state index contributed by atoms with van der Waals surface area (Å²) in [6, 6.07) is 6.19. The van der Waals surface area contributed by atoms with Gasteiger partial charge < -0.3 is 0 Å². The van der Waals surface area contributed by atoms with Gasteiger partial charge in [0, 0.05) is 24.9 Å². The number of alkyl halides is 2. The average molecular weight is 322 g/mol. The van der Waals surface area contributed by atoms with Crippen molar-refractivity contribution in [1.29, 1.82) is 0 Å². The van der Waals surface area contributed by atoms with Crippen LogP contribution in [0, 0.1) is 5.41 Å². The Morgan fingerprint density at radius 2 is 1.70 bits per heavy atom. The first-order chi connectivity index (χ1) is 9.29. The van der Waals surface area contributed by atoms with Gasteiger partial charge in [-0.3, -0.25) is 0 Å². The Balaban J connectivity index is 1.80. The highest BCUT2D eigenvalue weighted by atomic mass is 35.5. The van der Waals surface area contributed by atoms with Gasteiger partial charge in [-0.05, 0) is 25.0 Å². The van der Waals surface area contributed by atoms with Gasteiger partial charge >= 0.3 is 0 Å². The lowest BCUT2D eigenvalue weighted by Crippen LogP contribution is -2.40. The molecule has 7 heteroatoms. The fourth-order valence-corrected chi connectivity index (χ4v) is 4.81. The molecule has 0 amide bonds. The fourth-order valence-electron chi connectivity index (χ4n) is 2.87. The zero-order valence-electron chi connectivity index (χ0n) is 10.7. The van der Waals surface area contributed by atoms with E-state index in [1.807, 2.05) is 0 Å². The van der Waals surface area contributed by atoms with Crippen LogP contribution in [0.2, 0.25) is 5.02 Å². The molecule has 0 N–H and O–H groups in total. The van der Waals surface area contributed by atoms with Crippen LogP contribution in [0.15, 0.2) is 29.2 Å². The molecular formula is C13H14ClF2NO2S. The summed E-state index contributed by atoms with van der Waals surface area (Å²) in [6.45, 7) is 0.256. The summed E-state index contributed by atoms with van der Waals surface area (Å²) in [5.41, 5.74) is -0.959. The molecule has 0 radical (unpaired) electrons. The summed E-state index contributed by atoms with van der Waals surface area (Å²) in [7, 11) is -3.70. The van der Waals surface area contributed by atoms with E-state index in [1.165, 1.54) is 16.4 Å². The second-order valence-corrected chi connectivity index (χ2v) is 7.81. The van der Waals surface area contributed by atoms with E-state index >= 15 is 0 Å². The van der Waals surface area contributed by atoms with Crippen LogP contribution in [-0.2, 0) is 10.0 Å². The van der Waals surface area contributed by atoms with Crippen LogP contribution in [-0.4, -0.2) is 31.7 Å². The molecular weight excluding hydrogens is 308 g/mol. The highest BCUT2D eigenvalue weighted by Gasteiger charge is 2.70. The van der Waals surface area contributed by atoms with Gasteiger partial charge in [0.05, 0.1) is 5.02 Å². The first-order valence-electron chi connectivity index (χ1n) is 6.41. The molecule has 1 aliphatic heterocycles. The lowest BCUT2D eigenvalue weighted by atomic mass is 9.94. The monoisotopic (exact) mass is 321 g/mol. The number of benzene rings is 1. The Morgan fingerprint density at radius 3 is 2.20 bits per heavy atom. The summed E-state index contributed by atoms with van der Waals surface area (Å²) in [5, 5.41) is 0.157. The zero-order valence-corrected chi connectivity index (χ0v) is 12.2. The van der Waals surface area contributed by atoms with E-state index in [-0.39, 0.29) is 42.3 Å². The Morgan fingerprint density at radius 1 is 1.15 bits per heavy atom. The lowest BCUT2D eigenvalue weighted by Gasteiger charge is -2.31. The maximum Gasteiger partial charge on any atom is 0.254 e. The normalized spacial score (nSPS) is 24.8. The molecule has 0 atom stereocenters. The van der Waals surface area contributed by atoms with Crippen LogP contribution < -0.4 is 0 Å². The molecule has 1 aromatic rings. The number of hydrogen-bond donors (Lipinski definition) is 0. The van der Waals surface area contributed by atoms with Crippen molar-refractivity contribution in [2.45, 2.75) is 30.1 Å². The van der Waals surface area contributed by atoms with Crippen molar-refractivity contribution in [3.8, 4) is 0 Å². The van der Waals surface area contributed by atoms with Crippen molar-refractivity contribution in [3.63, 3.8) is 0 Å². The van der Waals surface area contributed by atoms with Crippen molar-refractivity contribution >= 4 is 21.6 Å². The molecule has 1 saturated heterocycles. The lowest BCUT2D eigenvalue weighted by molar-refractivity contribution is 0.0426. The molecule has 2 fully saturated rings. The van der Waals surface area contributed by atoms with Crippen molar-refractivity contribution in [2.75, 3.05) is 13.1 Å². The maximum absolute atomic E-state index is 13.3. The highest BCUT2D eigenvalue weighted by molar-refractivity contribution is 7.89. The topological polar surface area (TPSA) is 37.4 Å². The smallest absolute Gasteiger partial charge is 0.207 e. The standard InChI is InChI=1S/C13H14ClF2NO2S/c14-10-3-1-2-4-11(10)20(18,19)17-7-5-12(6-8-17)9-13(12,15)16/h1-4H,5-9H2. The first-order valence-corrected chi connectivity index (χ1v) is 8.23. The number of hydrogen-bond acceptors (Lipinski definition) is 2. The van der Waals surface area contributed by atoms with E-state index in [4.69, 9.17) is 11.6 Å². The van der Waals surface area contributed by atoms with E-state index in [9.17, 15) is 17.2 Å². The molecule has 3 nitrogen and oxygen atoms in total. The van der Waals surface area contributed by atoms with Gasteiger partial charge in [0.1, 0.15) is 4.90 Å². The largest absolute Gasteiger partial charge is 0.254 e. The zero-order chi connectivity index (χ0) is 14.6. The van der Waals surface area contributed by atoms with Gasteiger partial charge in [0.2, 0.25) is 10.0 Å². The van der Waals surface area contributed by atoms with E-state index in [0.717, 1.165) is 0 Å². The summed E-state index contributed by atoms with van der Waals surface area (Å²) in [6.07, 6.45) is 0.313. The Bertz CT molecular complexity index is 640. The minimum atomic E-state index is -3.70. The molecule has 1 heterocycles. The van der Waals surface area contributed by atoms with E-state index < -0.39 is 21.4 Å². The van der Waals surface area contributed by atoms with Crippen molar-refractivity contribution in [3.05, 3.63) is 29.3 Å². The van der Waals surface area contributed by atoms with Crippen LogP contribution in [0.5, 0.6) is 0 Å². The SMILES string of the molecule is O=S(=O)(c1ccccc1Cl)N1CCC2(CC1)CC2(F)F. The van der Waals surface area contributed by atoms with Crippen LogP contribution in [0.25, 0.3) is 0 Å². The van der Waals surface area contributed by atoms with Gasteiger partial charge in [0.15, 0.2) is 0 Å². The number of nitrogens with zero attached hydrogens (tertiary/aromatic N) is 1. The van der Waals surface area contributed by atoms with E-state index in [1.54, 1.807) is 12.1 Å². The van der Waals surface area contributed by atoms with Crippen molar-refractivity contribution in [2.24, 2.45) is 5.41 Å². The number of rotatable bonds is 2. The van der Waals surface area contributed by atoms with Gasteiger partial charge in [0.25, 0.3) is 5.92 Å². The summed E-state index contributed by atoms with van der Waals surface area (Å²) >= 11 is 5.92. The van der Waals surface area contributed by atoms with Crippen LogP contribution >= 0.6 is 11.6 Å². The van der Waals surface area contributed by atoms with Crippen molar-refractivity contribution < 1.29 is 17.2 Å². The molecule has 0 bridgehead atoms. The second-order valence-electron chi connectivity index (χ2n) is 5.50. The molecule has 110 valence electrons. The van der Waals surface area contributed by atoms with Crippen LogP contribution in [0.1, 0.15) is 19.3 Å². The van der Waals surface area contributed by atoms with E-state index in [2.05, 4.69) is 0 Å². The molecule has 0 unspecified atom stereocenters. The minimum absolute atomic E-state index is 0.0418. The highest BCUT2D eigenvalue weighted by Crippen LogP contribution is 2.66. The molecule has 1 saturated carbocycles.